The Hall–Kier alpha value is -2.33. The summed E-state index contributed by atoms with van der Waals surface area (Å²) in [4.78, 5) is 12.2. The van der Waals surface area contributed by atoms with Gasteiger partial charge in [-0.25, -0.2) is 0 Å². The quantitative estimate of drug-likeness (QED) is 0.880. The summed E-state index contributed by atoms with van der Waals surface area (Å²) < 4.78 is 11.3. The number of ether oxygens (including phenoxy) is 2. The number of aryl methyl sites for hydroxylation is 1. The first kappa shape index (κ1) is 16.5. The molecule has 3 rings (SSSR count). The van der Waals surface area contributed by atoms with Crippen LogP contribution in [0.1, 0.15) is 24.0 Å². The topological polar surface area (TPSA) is 47.6 Å². The van der Waals surface area contributed by atoms with E-state index in [0.717, 1.165) is 36.4 Å². The molecular formula is C20H23NO3. The average molecular weight is 325 g/mol. The van der Waals surface area contributed by atoms with Crippen molar-refractivity contribution < 1.29 is 14.3 Å². The minimum absolute atomic E-state index is 0.0323. The predicted octanol–water partition coefficient (Wildman–Crippen LogP) is 3.73. The van der Waals surface area contributed by atoms with Gasteiger partial charge in [-0.15, -0.1) is 0 Å². The third-order valence-electron chi connectivity index (χ3n) is 4.06. The summed E-state index contributed by atoms with van der Waals surface area (Å²) in [5.74, 6) is 0.716. The Balaban J connectivity index is 1.53. The zero-order chi connectivity index (χ0) is 16.8. The van der Waals surface area contributed by atoms with E-state index in [1.54, 1.807) is 0 Å². The number of rotatable bonds is 6. The molecule has 4 nitrogen and oxygen atoms in total. The number of hydrogen-bond acceptors (Lipinski definition) is 3. The molecule has 1 aliphatic heterocycles. The third kappa shape index (κ3) is 4.83. The van der Waals surface area contributed by atoms with E-state index in [1.165, 1.54) is 5.56 Å². The molecule has 1 amide bonds. The molecule has 2 aromatic carbocycles. The summed E-state index contributed by atoms with van der Waals surface area (Å²) in [6.07, 6.45) is 2.70. The average Bonchev–Trinajstić information content (AvgIpc) is 3.09. The standard InChI is InChI=1S/C20H23NO3/c1-15-7-9-16(10-8-15)12-20(22)21-17-4-2-5-18(13-17)24-14-19-6-3-11-23-19/h2,4-5,7-10,13,19H,3,6,11-12,14H2,1H3,(H,21,22). The SMILES string of the molecule is Cc1ccc(CC(=O)Nc2cccc(OCC3CCCO3)c2)cc1. The number of anilines is 1. The summed E-state index contributed by atoms with van der Waals surface area (Å²) in [5, 5.41) is 2.92. The maximum absolute atomic E-state index is 12.2. The maximum atomic E-state index is 12.2. The van der Waals surface area contributed by atoms with Crippen molar-refractivity contribution in [2.75, 3.05) is 18.5 Å². The second kappa shape index (κ2) is 7.97. The Morgan fingerprint density at radius 1 is 1.25 bits per heavy atom. The maximum Gasteiger partial charge on any atom is 0.228 e. The molecule has 0 aliphatic carbocycles. The van der Waals surface area contributed by atoms with Gasteiger partial charge in [0.1, 0.15) is 12.4 Å². The molecule has 0 radical (unpaired) electrons. The molecule has 1 N–H and O–H groups in total. The highest BCUT2D eigenvalue weighted by molar-refractivity contribution is 5.92. The lowest BCUT2D eigenvalue weighted by molar-refractivity contribution is -0.115. The van der Waals surface area contributed by atoms with E-state index >= 15 is 0 Å². The second-order valence-corrected chi connectivity index (χ2v) is 6.18. The number of amides is 1. The van der Waals surface area contributed by atoms with Gasteiger partial charge in [0.25, 0.3) is 0 Å². The van der Waals surface area contributed by atoms with Gasteiger partial charge in [0.05, 0.1) is 12.5 Å². The van der Waals surface area contributed by atoms with Crippen molar-refractivity contribution in [2.24, 2.45) is 0 Å². The molecule has 24 heavy (non-hydrogen) atoms. The van der Waals surface area contributed by atoms with Crippen molar-refractivity contribution in [3.8, 4) is 5.75 Å². The van der Waals surface area contributed by atoms with Gasteiger partial charge < -0.3 is 14.8 Å². The van der Waals surface area contributed by atoms with E-state index in [1.807, 2.05) is 55.5 Å². The summed E-state index contributed by atoms with van der Waals surface area (Å²) in [6, 6.07) is 15.5. The number of carbonyl (C=O) groups excluding carboxylic acids is 1. The van der Waals surface area contributed by atoms with Gasteiger partial charge in [-0.1, -0.05) is 35.9 Å². The van der Waals surface area contributed by atoms with Crippen LogP contribution in [-0.2, 0) is 16.0 Å². The Bertz CT molecular complexity index is 676. The van der Waals surface area contributed by atoms with Crippen LogP contribution in [0.15, 0.2) is 48.5 Å². The molecule has 1 unspecified atom stereocenters. The first-order chi connectivity index (χ1) is 11.7. The monoisotopic (exact) mass is 325 g/mol. The van der Waals surface area contributed by atoms with Gasteiger partial charge in [-0.3, -0.25) is 4.79 Å². The molecule has 1 fully saturated rings. The Labute approximate surface area is 142 Å². The molecule has 1 saturated heterocycles. The Kier molecular flexibility index (Phi) is 5.49. The first-order valence-corrected chi connectivity index (χ1v) is 8.39. The van der Waals surface area contributed by atoms with Crippen LogP contribution in [-0.4, -0.2) is 25.2 Å². The summed E-state index contributed by atoms with van der Waals surface area (Å²) in [5.41, 5.74) is 2.94. The number of benzene rings is 2. The molecule has 1 aliphatic rings. The van der Waals surface area contributed by atoms with Gasteiger partial charge in [0, 0.05) is 18.4 Å². The van der Waals surface area contributed by atoms with Crippen molar-refractivity contribution in [3.05, 3.63) is 59.7 Å². The van der Waals surface area contributed by atoms with Crippen LogP contribution in [0.3, 0.4) is 0 Å². The minimum Gasteiger partial charge on any atom is -0.491 e. The fourth-order valence-electron chi connectivity index (χ4n) is 2.73. The fraction of sp³-hybridized carbons (Fsp3) is 0.350. The van der Waals surface area contributed by atoms with Crippen LogP contribution in [0.25, 0.3) is 0 Å². The fourth-order valence-corrected chi connectivity index (χ4v) is 2.73. The zero-order valence-corrected chi connectivity index (χ0v) is 14.0. The molecule has 0 saturated carbocycles. The van der Waals surface area contributed by atoms with Crippen LogP contribution < -0.4 is 10.1 Å². The van der Waals surface area contributed by atoms with Crippen LogP contribution in [0.4, 0.5) is 5.69 Å². The third-order valence-corrected chi connectivity index (χ3v) is 4.06. The lowest BCUT2D eigenvalue weighted by atomic mass is 10.1. The van der Waals surface area contributed by atoms with Crippen LogP contribution in [0.2, 0.25) is 0 Å². The smallest absolute Gasteiger partial charge is 0.228 e. The molecule has 126 valence electrons. The Morgan fingerprint density at radius 3 is 2.83 bits per heavy atom. The molecule has 4 heteroatoms. The van der Waals surface area contributed by atoms with Crippen molar-refractivity contribution in [2.45, 2.75) is 32.3 Å². The van der Waals surface area contributed by atoms with Gasteiger partial charge in [0.2, 0.25) is 5.91 Å². The van der Waals surface area contributed by atoms with E-state index in [-0.39, 0.29) is 12.0 Å². The van der Waals surface area contributed by atoms with Gasteiger partial charge in [0.15, 0.2) is 0 Å². The minimum atomic E-state index is -0.0323. The van der Waals surface area contributed by atoms with Crippen molar-refractivity contribution in [3.63, 3.8) is 0 Å². The summed E-state index contributed by atoms with van der Waals surface area (Å²) in [7, 11) is 0. The van der Waals surface area contributed by atoms with Crippen molar-refractivity contribution in [1.29, 1.82) is 0 Å². The van der Waals surface area contributed by atoms with Gasteiger partial charge in [-0.05, 0) is 37.5 Å². The molecule has 1 heterocycles. The van der Waals surface area contributed by atoms with Crippen molar-refractivity contribution >= 4 is 11.6 Å². The van der Waals surface area contributed by atoms with E-state index < -0.39 is 0 Å². The van der Waals surface area contributed by atoms with E-state index in [9.17, 15) is 4.79 Å². The normalized spacial score (nSPS) is 16.8. The summed E-state index contributed by atoms with van der Waals surface area (Å²) >= 11 is 0. The largest absolute Gasteiger partial charge is 0.491 e. The van der Waals surface area contributed by atoms with E-state index in [2.05, 4.69) is 5.32 Å². The van der Waals surface area contributed by atoms with Crippen LogP contribution in [0, 0.1) is 6.92 Å². The van der Waals surface area contributed by atoms with E-state index in [0.29, 0.717) is 13.0 Å². The number of nitrogens with one attached hydrogen (secondary N) is 1. The first-order valence-electron chi connectivity index (χ1n) is 8.39. The van der Waals surface area contributed by atoms with Gasteiger partial charge in [-0.2, -0.15) is 0 Å². The van der Waals surface area contributed by atoms with E-state index in [4.69, 9.17) is 9.47 Å². The number of hydrogen-bond donors (Lipinski definition) is 1. The molecule has 0 spiro atoms. The van der Waals surface area contributed by atoms with Crippen LogP contribution >= 0.6 is 0 Å². The number of carbonyl (C=O) groups is 1. The Morgan fingerprint density at radius 2 is 2.08 bits per heavy atom. The lowest BCUT2D eigenvalue weighted by Crippen LogP contribution is -2.17. The molecule has 1 atom stereocenters. The van der Waals surface area contributed by atoms with Gasteiger partial charge >= 0.3 is 0 Å². The summed E-state index contributed by atoms with van der Waals surface area (Å²) in [6.45, 7) is 3.41. The second-order valence-electron chi connectivity index (χ2n) is 6.18. The zero-order valence-electron chi connectivity index (χ0n) is 14.0. The molecule has 0 aromatic heterocycles. The van der Waals surface area contributed by atoms with Crippen LogP contribution in [0.5, 0.6) is 5.75 Å². The molecular weight excluding hydrogens is 302 g/mol. The molecule has 0 bridgehead atoms. The highest BCUT2D eigenvalue weighted by Gasteiger charge is 2.16. The van der Waals surface area contributed by atoms with Crippen molar-refractivity contribution in [1.82, 2.24) is 0 Å². The molecule has 2 aromatic rings. The lowest BCUT2D eigenvalue weighted by Gasteiger charge is -2.12. The predicted molar refractivity (Wildman–Crippen MR) is 94.4 cm³/mol. The highest BCUT2D eigenvalue weighted by atomic mass is 16.5. The highest BCUT2D eigenvalue weighted by Crippen LogP contribution is 2.20.